The van der Waals surface area contributed by atoms with E-state index in [-0.39, 0.29) is 18.4 Å². The third-order valence-electron chi connectivity index (χ3n) is 5.81. The van der Waals surface area contributed by atoms with Crippen LogP contribution in [-0.4, -0.2) is 39.6 Å². The number of pyridine rings is 1. The maximum atomic E-state index is 12.9. The fourth-order valence-corrected chi connectivity index (χ4v) is 4.44. The monoisotopic (exact) mass is 373 g/mol. The van der Waals surface area contributed by atoms with Crippen molar-refractivity contribution in [1.29, 1.82) is 5.26 Å². The number of hydrogen-bond donors (Lipinski definition) is 1. The molecule has 1 aliphatic carbocycles. The Morgan fingerprint density at radius 1 is 1.21 bits per heavy atom. The molecule has 1 aromatic carbocycles. The molecule has 1 N–H and O–H groups in total. The van der Waals surface area contributed by atoms with Crippen LogP contribution in [-0.2, 0) is 0 Å². The van der Waals surface area contributed by atoms with Crippen LogP contribution < -0.4 is 0 Å². The fraction of sp³-hybridized carbons (Fsp3) is 0.348. The maximum Gasteiger partial charge on any atom is 0.273 e. The number of nitrogens with zero attached hydrogens (tertiary/aromatic N) is 3. The van der Waals surface area contributed by atoms with Crippen molar-refractivity contribution in [3.05, 3.63) is 71.6 Å². The fourth-order valence-electron chi connectivity index (χ4n) is 4.44. The predicted octanol–water partition coefficient (Wildman–Crippen LogP) is 3.53. The van der Waals surface area contributed by atoms with Gasteiger partial charge >= 0.3 is 0 Å². The minimum Gasteiger partial charge on any atom is -0.394 e. The maximum absolute atomic E-state index is 12.9. The van der Waals surface area contributed by atoms with Gasteiger partial charge in [-0.25, -0.2) is 0 Å². The molecule has 4 rings (SSSR count). The molecule has 2 aliphatic rings. The Labute approximate surface area is 164 Å². The number of aliphatic hydroxyl groups is 1. The highest BCUT2D eigenvalue weighted by molar-refractivity contribution is 5.94. The second-order valence-electron chi connectivity index (χ2n) is 7.34. The summed E-state index contributed by atoms with van der Waals surface area (Å²) in [6.07, 6.45) is 8.32. The van der Waals surface area contributed by atoms with E-state index in [2.05, 4.69) is 23.2 Å². The van der Waals surface area contributed by atoms with Crippen LogP contribution in [0, 0.1) is 11.3 Å². The topological polar surface area (TPSA) is 77.2 Å². The largest absolute Gasteiger partial charge is 0.394 e. The molecular weight excluding hydrogens is 350 g/mol. The summed E-state index contributed by atoms with van der Waals surface area (Å²) in [5.74, 6) is -0.515. The molecule has 142 valence electrons. The number of hydrogen-bond acceptors (Lipinski definition) is 4. The lowest BCUT2D eigenvalue weighted by Crippen LogP contribution is -2.65. The lowest BCUT2D eigenvalue weighted by Gasteiger charge is -2.52. The zero-order valence-electron chi connectivity index (χ0n) is 15.7. The summed E-state index contributed by atoms with van der Waals surface area (Å²) in [5.41, 5.74) is 3.80. The first-order valence-corrected chi connectivity index (χ1v) is 9.78. The van der Waals surface area contributed by atoms with Gasteiger partial charge in [0.15, 0.2) is 0 Å². The number of nitriles is 1. The Balaban J connectivity index is 1.69. The van der Waals surface area contributed by atoms with Crippen LogP contribution in [0.15, 0.2) is 54.7 Å². The van der Waals surface area contributed by atoms with Gasteiger partial charge in [0, 0.05) is 12.1 Å². The van der Waals surface area contributed by atoms with E-state index in [0.29, 0.717) is 5.69 Å². The summed E-state index contributed by atoms with van der Waals surface area (Å²) in [4.78, 5) is 18.5. The van der Waals surface area contributed by atoms with E-state index in [0.717, 1.165) is 24.0 Å². The van der Waals surface area contributed by atoms with Gasteiger partial charge in [-0.3, -0.25) is 9.78 Å². The van der Waals surface area contributed by atoms with Gasteiger partial charge in [-0.1, -0.05) is 36.4 Å². The van der Waals surface area contributed by atoms with E-state index in [1.54, 1.807) is 24.4 Å². The molecule has 0 radical (unpaired) electrons. The molecule has 0 bridgehead atoms. The number of carbonyl (C=O) groups excluding carboxylic acids is 1. The van der Waals surface area contributed by atoms with Crippen molar-refractivity contribution in [2.75, 3.05) is 6.61 Å². The molecule has 28 heavy (non-hydrogen) atoms. The van der Waals surface area contributed by atoms with Gasteiger partial charge in [-0.15, -0.1) is 0 Å². The summed E-state index contributed by atoms with van der Waals surface area (Å²) in [7, 11) is 0. The molecule has 1 amide bonds. The minimum atomic E-state index is -0.614. The Kier molecular flexibility index (Phi) is 5.23. The molecule has 0 unspecified atom stereocenters. The van der Waals surface area contributed by atoms with Crippen LogP contribution in [0.25, 0.3) is 5.57 Å². The highest BCUT2D eigenvalue weighted by Gasteiger charge is 2.52. The summed E-state index contributed by atoms with van der Waals surface area (Å²) in [6.45, 7) is -0.186. The average Bonchev–Trinajstić information content (AvgIpc) is 2.75. The van der Waals surface area contributed by atoms with Crippen molar-refractivity contribution in [2.24, 2.45) is 0 Å². The van der Waals surface area contributed by atoms with Gasteiger partial charge in [0.05, 0.1) is 18.7 Å². The number of aromatic nitrogens is 1. The van der Waals surface area contributed by atoms with E-state index in [9.17, 15) is 15.2 Å². The van der Waals surface area contributed by atoms with E-state index in [1.165, 1.54) is 23.3 Å². The number of rotatable bonds is 4. The Bertz CT molecular complexity index is 932. The summed E-state index contributed by atoms with van der Waals surface area (Å²) >= 11 is 0. The number of amides is 1. The highest BCUT2D eigenvalue weighted by Crippen LogP contribution is 2.44. The molecule has 2 heterocycles. The number of allylic oxidation sites excluding steroid dienone is 2. The second kappa shape index (κ2) is 7.95. The molecule has 1 aliphatic heterocycles. The van der Waals surface area contributed by atoms with Crippen molar-refractivity contribution in [2.45, 2.75) is 43.7 Å². The Morgan fingerprint density at radius 3 is 2.71 bits per heavy atom. The number of benzene rings is 1. The molecular formula is C23H23N3O2. The molecule has 0 spiro atoms. The normalized spacial score (nSPS) is 24.1. The SMILES string of the molecule is N#C[C@H]1[C@H](c2ccccc2C2=CCCCC2)[C@H](CO)N1C(=O)c1ccccn1. The van der Waals surface area contributed by atoms with Gasteiger partial charge in [-0.2, -0.15) is 5.26 Å². The molecule has 5 heteroatoms. The first-order valence-electron chi connectivity index (χ1n) is 9.78. The summed E-state index contributed by atoms with van der Waals surface area (Å²) in [6, 6.07) is 14.5. The van der Waals surface area contributed by atoms with Crippen LogP contribution in [0.1, 0.15) is 53.2 Å². The minimum absolute atomic E-state index is 0.186. The quantitative estimate of drug-likeness (QED) is 0.889. The van der Waals surface area contributed by atoms with Crippen LogP contribution in [0.2, 0.25) is 0 Å². The van der Waals surface area contributed by atoms with Gasteiger partial charge in [0.1, 0.15) is 11.7 Å². The molecule has 1 saturated heterocycles. The first kappa shape index (κ1) is 18.4. The van der Waals surface area contributed by atoms with Crippen LogP contribution in [0.3, 0.4) is 0 Å². The summed E-state index contributed by atoms with van der Waals surface area (Å²) < 4.78 is 0. The van der Waals surface area contributed by atoms with Gasteiger partial charge < -0.3 is 10.0 Å². The standard InChI is InChI=1S/C23H23N3O2/c24-14-20-22(18-11-5-4-10-17(18)16-8-2-1-3-9-16)21(15-27)26(20)23(28)19-12-6-7-13-25-19/h4-8,10-13,20-22,27H,1-3,9,15H2/t20-,21-,22-/m0/s1. The van der Waals surface area contributed by atoms with Crippen molar-refractivity contribution in [3.63, 3.8) is 0 Å². The third-order valence-corrected chi connectivity index (χ3v) is 5.81. The zero-order valence-corrected chi connectivity index (χ0v) is 15.7. The molecule has 5 nitrogen and oxygen atoms in total. The smallest absolute Gasteiger partial charge is 0.273 e. The van der Waals surface area contributed by atoms with E-state index >= 15 is 0 Å². The first-order chi connectivity index (χ1) is 13.8. The zero-order chi connectivity index (χ0) is 19.5. The lowest BCUT2D eigenvalue weighted by molar-refractivity contribution is -0.00636. The van der Waals surface area contributed by atoms with Crippen molar-refractivity contribution in [3.8, 4) is 6.07 Å². The summed E-state index contributed by atoms with van der Waals surface area (Å²) in [5, 5.41) is 19.9. The van der Waals surface area contributed by atoms with Crippen molar-refractivity contribution < 1.29 is 9.90 Å². The molecule has 3 atom stereocenters. The average molecular weight is 373 g/mol. The van der Waals surface area contributed by atoms with Crippen LogP contribution in [0.4, 0.5) is 0 Å². The van der Waals surface area contributed by atoms with Crippen molar-refractivity contribution >= 4 is 11.5 Å². The Morgan fingerprint density at radius 2 is 2.04 bits per heavy atom. The third kappa shape index (κ3) is 3.10. The van der Waals surface area contributed by atoms with Crippen LogP contribution in [0.5, 0.6) is 0 Å². The highest BCUT2D eigenvalue weighted by atomic mass is 16.3. The molecule has 0 saturated carbocycles. The number of likely N-dealkylation sites (tertiary alicyclic amines) is 1. The molecule has 1 aromatic heterocycles. The number of aliphatic hydroxyl groups excluding tert-OH is 1. The van der Waals surface area contributed by atoms with E-state index in [1.807, 2.05) is 18.2 Å². The number of carbonyl (C=O) groups is 1. The van der Waals surface area contributed by atoms with E-state index < -0.39 is 12.1 Å². The predicted molar refractivity (Wildman–Crippen MR) is 106 cm³/mol. The molecule has 2 aromatic rings. The lowest BCUT2D eigenvalue weighted by atomic mass is 9.72. The van der Waals surface area contributed by atoms with Gasteiger partial charge in [0.25, 0.3) is 5.91 Å². The second-order valence-corrected chi connectivity index (χ2v) is 7.34. The Hall–Kier alpha value is -2.97. The van der Waals surface area contributed by atoms with Gasteiger partial charge in [0.2, 0.25) is 0 Å². The van der Waals surface area contributed by atoms with Gasteiger partial charge in [-0.05, 0) is 54.5 Å². The van der Waals surface area contributed by atoms with Crippen molar-refractivity contribution in [1.82, 2.24) is 9.88 Å². The van der Waals surface area contributed by atoms with E-state index in [4.69, 9.17) is 0 Å². The molecule has 1 fully saturated rings. The van der Waals surface area contributed by atoms with Crippen LogP contribution >= 0.6 is 0 Å².